The lowest BCUT2D eigenvalue weighted by Crippen LogP contribution is -2.50. The maximum atomic E-state index is 13.7. The summed E-state index contributed by atoms with van der Waals surface area (Å²) in [6.45, 7) is 1.02. The van der Waals surface area contributed by atoms with Gasteiger partial charge in [-0.15, -0.1) is 0 Å². The molecule has 42 heavy (non-hydrogen) atoms. The number of carbonyl (C=O) groups is 3. The van der Waals surface area contributed by atoms with Crippen LogP contribution in [0.4, 0.5) is 5.69 Å². The first-order valence-electron chi connectivity index (χ1n) is 14.5. The molecule has 222 valence electrons. The van der Waals surface area contributed by atoms with Gasteiger partial charge in [0.15, 0.2) is 0 Å². The van der Waals surface area contributed by atoms with Gasteiger partial charge in [0.2, 0.25) is 17.7 Å². The molecule has 5 rings (SSSR count). The summed E-state index contributed by atoms with van der Waals surface area (Å²) in [5.74, 6) is -0.752. The van der Waals surface area contributed by atoms with Gasteiger partial charge in [0.05, 0.1) is 36.1 Å². The van der Waals surface area contributed by atoms with E-state index in [9.17, 15) is 19.5 Å². The third kappa shape index (κ3) is 7.48. The van der Waals surface area contributed by atoms with Crippen LogP contribution in [0.2, 0.25) is 0 Å². The number of benzene rings is 2. The molecular weight excluding hydrogens is 534 g/mol. The number of hydrogen-bond acceptors (Lipinski definition) is 8. The van der Waals surface area contributed by atoms with Crippen molar-refractivity contribution in [2.45, 2.75) is 56.0 Å². The number of aromatic nitrogens is 1. The van der Waals surface area contributed by atoms with Crippen molar-refractivity contribution in [2.75, 3.05) is 31.5 Å². The molecule has 2 aromatic carbocycles. The van der Waals surface area contributed by atoms with Crippen LogP contribution in [0.15, 0.2) is 66.9 Å². The molecule has 0 aliphatic carbocycles. The van der Waals surface area contributed by atoms with Crippen molar-refractivity contribution in [2.24, 2.45) is 5.73 Å². The number of hydrogen-bond donors (Lipinski definition) is 6. The predicted octanol–water partition coefficient (Wildman–Crippen LogP) is 0.532. The van der Waals surface area contributed by atoms with Gasteiger partial charge in [-0.25, -0.2) is 0 Å². The number of carbonyl (C=O) groups excluding carboxylic acids is 3. The number of para-hydroxylation sites is 1. The maximum absolute atomic E-state index is 13.7. The molecule has 11 heteroatoms. The second-order valence-electron chi connectivity index (χ2n) is 11.1. The highest BCUT2D eigenvalue weighted by Gasteiger charge is 2.43. The Morgan fingerprint density at radius 2 is 1.86 bits per heavy atom. The molecule has 0 unspecified atom stereocenters. The highest BCUT2D eigenvalue weighted by Crippen LogP contribution is 2.24. The molecular formula is C31H39N7O4. The number of fused-ring (bicyclic) bond motifs is 1. The summed E-state index contributed by atoms with van der Waals surface area (Å²) in [5.41, 5.74) is 7.97. The largest absolute Gasteiger partial charge is 0.392 e. The zero-order valence-electron chi connectivity index (χ0n) is 23.5. The van der Waals surface area contributed by atoms with Crippen molar-refractivity contribution in [3.05, 3.63) is 72.4 Å². The molecule has 11 nitrogen and oxygen atoms in total. The molecule has 3 heterocycles. The van der Waals surface area contributed by atoms with Crippen molar-refractivity contribution in [3.63, 3.8) is 0 Å². The van der Waals surface area contributed by atoms with Crippen LogP contribution in [0, 0.1) is 0 Å². The average Bonchev–Trinajstić information content (AvgIpc) is 3.66. The van der Waals surface area contributed by atoms with Gasteiger partial charge in [-0.2, -0.15) is 0 Å². The lowest BCUT2D eigenvalue weighted by atomic mass is 10.1. The van der Waals surface area contributed by atoms with Gasteiger partial charge in [0, 0.05) is 37.1 Å². The zero-order valence-corrected chi connectivity index (χ0v) is 23.5. The Kier molecular flexibility index (Phi) is 9.75. The average molecular weight is 574 g/mol. The second-order valence-corrected chi connectivity index (χ2v) is 11.1. The molecule has 0 bridgehead atoms. The van der Waals surface area contributed by atoms with E-state index in [0.717, 1.165) is 17.3 Å². The van der Waals surface area contributed by atoms with E-state index in [1.54, 1.807) is 11.1 Å². The van der Waals surface area contributed by atoms with Gasteiger partial charge in [-0.05, 0) is 43.4 Å². The van der Waals surface area contributed by atoms with Crippen molar-refractivity contribution in [3.8, 4) is 0 Å². The Bertz CT molecular complexity index is 1390. The topological polar surface area (TPSA) is 162 Å². The first-order chi connectivity index (χ1) is 20.4. The highest BCUT2D eigenvalue weighted by atomic mass is 16.3. The Balaban J connectivity index is 1.23. The molecule has 1 aromatic heterocycles. The van der Waals surface area contributed by atoms with E-state index in [1.165, 1.54) is 5.56 Å². The fourth-order valence-electron chi connectivity index (χ4n) is 5.74. The molecule has 0 radical (unpaired) electrons. The zero-order chi connectivity index (χ0) is 29.5. The van der Waals surface area contributed by atoms with Crippen LogP contribution in [0.1, 0.15) is 24.8 Å². The molecule has 3 amide bonds. The van der Waals surface area contributed by atoms with Crippen molar-refractivity contribution in [1.82, 2.24) is 25.8 Å². The Morgan fingerprint density at radius 3 is 2.67 bits per heavy atom. The molecule has 5 atom stereocenters. The minimum Gasteiger partial charge on any atom is -0.392 e. The number of amides is 3. The van der Waals surface area contributed by atoms with Gasteiger partial charge in [-0.3, -0.25) is 19.4 Å². The number of nitrogens with two attached hydrogens (primary N) is 1. The number of aliphatic hydroxyl groups is 1. The quantitative estimate of drug-likeness (QED) is 0.194. The van der Waals surface area contributed by atoms with Crippen LogP contribution in [0.25, 0.3) is 10.9 Å². The molecule has 2 aliphatic rings. The summed E-state index contributed by atoms with van der Waals surface area (Å²) in [6, 6.07) is 17.9. The first kappa shape index (κ1) is 29.6. The van der Waals surface area contributed by atoms with E-state index in [2.05, 4.69) is 26.3 Å². The number of aryl methyl sites for hydroxylation is 1. The highest BCUT2D eigenvalue weighted by molar-refractivity contribution is 5.99. The lowest BCUT2D eigenvalue weighted by molar-refractivity contribution is -0.138. The van der Waals surface area contributed by atoms with Crippen molar-refractivity contribution in [1.29, 1.82) is 0 Å². The Hall–Kier alpha value is -3.90. The van der Waals surface area contributed by atoms with Gasteiger partial charge in [0.25, 0.3) is 0 Å². The molecule has 0 saturated carbocycles. The third-order valence-electron chi connectivity index (χ3n) is 7.98. The minimum absolute atomic E-state index is 0.113. The van der Waals surface area contributed by atoms with E-state index < -0.39 is 18.2 Å². The molecule has 2 aliphatic heterocycles. The van der Waals surface area contributed by atoms with Crippen LogP contribution >= 0.6 is 0 Å². The number of likely N-dealkylation sites (tertiary alicyclic amines) is 1. The summed E-state index contributed by atoms with van der Waals surface area (Å²) in [5, 5.41) is 23.9. The van der Waals surface area contributed by atoms with Gasteiger partial charge < -0.3 is 37.0 Å². The smallest absolute Gasteiger partial charge is 0.247 e. The number of pyridine rings is 1. The fourth-order valence-corrected chi connectivity index (χ4v) is 5.74. The number of rotatable bonds is 11. The number of aliphatic hydroxyl groups excluding tert-OH is 1. The van der Waals surface area contributed by atoms with Gasteiger partial charge in [0.1, 0.15) is 6.04 Å². The lowest BCUT2D eigenvalue weighted by Gasteiger charge is -2.26. The van der Waals surface area contributed by atoms with Crippen LogP contribution in [0.3, 0.4) is 0 Å². The second kappa shape index (κ2) is 13.8. The summed E-state index contributed by atoms with van der Waals surface area (Å²) in [6.07, 6.45) is 3.24. The predicted molar refractivity (Wildman–Crippen MR) is 160 cm³/mol. The monoisotopic (exact) mass is 573 g/mol. The third-order valence-corrected chi connectivity index (χ3v) is 7.98. The fraction of sp³-hybridized carbons (Fsp3) is 0.419. The van der Waals surface area contributed by atoms with Crippen LogP contribution in [0.5, 0.6) is 0 Å². The molecule has 2 saturated heterocycles. The van der Waals surface area contributed by atoms with Crippen LogP contribution in [-0.4, -0.2) is 89.2 Å². The van der Waals surface area contributed by atoms with Gasteiger partial charge >= 0.3 is 0 Å². The molecule has 3 aromatic rings. The SMILES string of the molecule is NCC(=O)N[C@@H]1CN[C@H](C(=O)N2C[C@H](NC[C@H](O)CCc3ccccc3)C[C@H]2C(=O)Nc2cnc3ccccc3c2)C1. The maximum Gasteiger partial charge on any atom is 0.247 e. The van der Waals surface area contributed by atoms with E-state index in [1.807, 2.05) is 60.7 Å². The minimum atomic E-state index is -0.706. The van der Waals surface area contributed by atoms with Crippen molar-refractivity contribution < 1.29 is 19.5 Å². The van der Waals surface area contributed by atoms with Crippen LogP contribution < -0.4 is 27.0 Å². The number of anilines is 1. The van der Waals surface area contributed by atoms with E-state index >= 15 is 0 Å². The molecule has 2 fully saturated rings. The van der Waals surface area contributed by atoms with Gasteiger partial charge in [-0.1, -0.05) is 48.5 Å². The van der Waals surface area contributed by atoms with Crippen molar-refractivity contribution >= 4 is 34.3 Å². The molecule has 0 spiro atoms. The molecule has 7 N–H and O–H groups in total. The summed E-state index contributed by atoms with van der Waals surface area (Å²) < 4.78 is 0. The van der Waals surface area contributed by atoms with Crippen LogP contribution in [-0.2, 0) is 20.8 Å². The first-order valence-corrected chi connectivity index (χ1v) is 14.5. The number of nitrogens with zero attached hydrogens (tertiary/aromatic N) is 2. The number of nitrogens with one attached hydrogen (secondary N) is 4. The van der Waals surface area contributed by atoms with E-state index in [-0.39, 0.29) is 36.3 Å². The Labute approximate surface area is 245 Å². The summed E-state index contributed by atoms with van der Waals surface area (Å²) in [7, 11) is 0. The standard InChI is InChI=1S/C31H39N7O4/c32-15-29(40)36-23-13-27(35-17-23)31(42)38-19-24(33-18-25(39)11-10-20-6-2-1-3-7-20)14-28(38)30(41)37-22-12-21-8-4-5-9-26(21)34-16-22/h1-9,12,16,23-25,27-28,33,35,39H,10-11,13-15,17-19,32H2,(H,36,40)(H,37,41)/t23-,24+,25+,27-,28-/m0/s1. The Morgan fingerprint density at radius 1 is 1.07 bits per heavy atom. The summed E-state index contributed by atoms with van der Waals surface area (Å²) >= 11 is 0. The normalized spacial score (nSPS) is 22.7. The van der Waals surface area contributed by atoms with E-state index in [0.29, 0.717) is 44.6 Å². The summed E-state index contributed by atoms with van der Waals surface area (Å²) in [4.78, 5) is 45.1. The van der Waals surface area contributed by atoms with E-state index in [4.69, 9.17) is 5.73 Å².